The van der Waals surface area contributed by atoms with Gasteiger partial charge in [-0.1, -0.05) is 6.92 Å². The maximum atomic E-state index is 9.59. The van der Waals surface area contributed by atoms with Crippen LogP contribution >= 0.6 is 0 Å². The summed E-state index contributed by atoms with van der Waals surface area (Å²) >= 11 is 0. The Hall–Kier alpha value is -0.830. The summed E-state index contributed by atoms with van der Waals surface area (Å²) < 4.78 is 2.15. The molecular weight excluding hydrogens is 152 g/mol. The van der Waals surface area contributed by atoms with Gasteiger partial charge in [0.1, 0.15) is 11.9 Å². The summed E-state index contributed by atoms with van der Waals surface area (Å²) in [5.74, 6) is 0.859. The van der Waals surface area contributed by atoms with Crippen LogP contribution in [0.1, 0.15) is 37.4 Å². The average molecular weight is 166 g/mol. The molecule has 1 aliphatic heterocycles. The van der Waals surface area contributed by atoms with Gasteiger partial charge >= 0.3 is 0 Å². The largest absolute Gasteiger partial charge is 0.385 e. The lowest BCUT2D eigenvalue weighted by atomic mass is 10.1. The van der Waals surface area contributed by atoms with Crippen molar-refractivity contribution in [3.05, 3.63) is 17.7 Å². The molecule has 0 aliphatic carbocycles. The van der Waals surface area contributed by atoms with Crippen LogP contribution in [0.4, 0.5) is 0 Å². The van der Waals surface area contributed by atoms with Crippen molar-refractivity contribution in [1.82, 2.24) is 9.55 Å². The minimum Gasteiger partial charge on any atom is -0.385 e. The zero-order valence-electron chi connectivity index (χ0n) is 7.32. The van der Waals surface area contributed by atoms with E-state index in [2.05, 4.69) is 16.5 Å². The second-order valence-corrected chi connectivity index (χ2v) is 3.27. The third kappa shape index (κ3) is 1.05. The molecule has 0 amide bonds. The van der Waals surface area contributed by atoms with E-state index in [0.29, 0.717) is 0 Å². The van der Waals surface area contributed by atoms with E-state index in [1.807, 2.05) is 6.20 Å². The first-order chi connectivity index (χ1) is 5.83. The highest BCUT2D eigenvalue weighted by molar-refractivity contribution is 5.09. The molecule has 0 saturated carbocycles. The van der Waals surface area contributed by atoms with Crippen molar-refractivity contribution in [2.24, 2.45) is 0 Å². The van der Waals surface area contributed by atoms with E-state index in [4.69, 9.17) is 0 Å². The second kappa shape index (κ2) is 2.90. The molecule has 1 N–H and O–H groups in total. The smallest absolute Gasteiger partial charge is 0.137 e. The number of hydrogen-bond acceptors (Lipinski definition) is 2. The van der Waals surface area contributed by atoms with Gasteiger partial charge in [-0.05, 0) is 19.3 Å². The van der Waals surface area contributed by atoms with E-state index in [9.17, 15) is 5.11 Å². The number of aromatic nitrogens is 2. The van der Waals surface area contributed by atoms with Gasteiger partial charge in [0, 0.05) is 18.4 Å². The SMILES string of the molecule is CCc1cnc2n1CCCC2O. The highest BCUT2D eigenvalue weighted by atomic mass is 16.3. The lowest BCUT2D eigenvalue weighted by Gasteiger charge is -2.20. The average Bonchev–Trinajstić information content (AvgIpc) is 2.49. The first-order valence-electron chi connectivity index (χ1n) is 4.55. The Kier molecular flexibility index (Phi) is 1.89. The third-order valence-corrected chi connectivity index (χ3v) is 2.49. The van der Waals surface area contributed by atoms with Crippen molar-refractivity contribution in [2.75, 3.05) is 0 Å². The molecule has 0 aromatic carbocycles. The van der Waals surface area contributed by atoms with Crippen molar-refractivity contribution < 1.29 is 5.11 Å². The molecule has 1 unspecified atom stereocenters. The highest BCUT2D eigenvalue weighted by Crippen LogP contribution is 2.24. The topological polar surface area (TPSA) is 38.0 Å². The predicted octanol–water partition coefficient (Wildman–Crippen LogP) is 1.27. The van der Waals surface area contributed by atoms with Gasteiger partial charge in [0.25, 0.3) is 0 Å². The van der Waals surface area contributed by atoms with Gasteiger partial charge in [0.2, 0.25) is 0 Å². The number of aliphatic hydroxyl groups is 1. The Bertz CT molecular complexity index is 280. The summed E-state index contributed by atoms with van der Waals surface area (Å²) in [4.78, 5) is 4.22. The number of rotatable bonds is 1. The van der Waals surface area contributed by atoms with Crippen LogP contribution in [-0.4, -0.2) is 14.7 Å². The normalized spacial score (nSPS) is 22.3. The fourth-order valence-electron chi connectivity index (χ4n) is 1.81. The molecule has 66 valence electrons. The van der Waals surface area contributed by atoms with Crippen LogP contribution in [0.2, 0.25) is 0 Å². The van der Waals surface area contributed by atoms with Crippen molar-refractivity contribution >= 4 is 0 Å². The molecule has 0 bridgehead atoms. The van der Waals surface area contributed by atoms with Gasteiger partial charge in [0.15, 0.2) is 0 Å². The first-order valence-corrected chi connectivity index (χ1v) is 4.55. The summed E-state index contributed by atoms with van der Waals surface area (Å²) in [6.07, 6.45) is 4.47. The molecule has 2 rings (SSSR count). The van der Waals surface area contributed by atoms with E-state index in [1.165, 1.54) is 5.69 Å². The van der Waals surface area contributed by atoms with Crippen LogP contribution in [0.25, 0.3) is 0 Å². The summed E-state index contributed by atoms with van der Waals surface area (Å²) in [6, 6.07) is 0. The van der Waals surface area contributed by atoms with E-state index < -0.39 is 0 Å². The lowest BCUT2D eigenvalue weighted by Crippen LogP contribution is -2.17. The lowest BCUT2D eigenvalue weighted by molar-refractivity contribution is 0.133. The van der Waals surface area contributed by atoms with Gasteiger partial charge < -0.3 is 9.67 Å². The molecule has 1 atom stereocenters. The molecule has 0 radical (unpaired) electrons. The zero-order chi connectivity index (χ0) is 8.55. The predicted molar refractivity (Wildman–Crippen MR) is 45.8 cm³/mol. The summed E-state index contributed by atoms with van der Waals surface area (Å²) in [5.41, 5.74) is 1.24. The molecule has 1 aromatic heterocycles. The van der Waals surface area contributed by atoms with E-state index in [-0.39, 0.29) is 6.10 Å². The van der Waals surface area contributed by atoms with Crippen LogP contribution in [0.15, 0.2) is 6.20 Å². The van der Waals surface area contributed by atoms with Crippen molar-refractivity contribution in [3.63, 3.8) is 0 Å². The molecule has 2 heterocycles. The molecule has 12 heavy (non-hydrogen) atoms. The number of nitrogens with zero attached hydrogens (tertiary/aromatic N) is 2. The fraction of sp³-hybridized carbons (Fsp3) is 0.667. The zero-order valence-corrected chi connectivity index (χ0v) is 7.32. The quantitative estimate of drug-likeness (QED) is 0.682. The van der Waals surface area contributed by atoms with Crippen LogP contribution in [0.5, 0.6) is 0 Å². The van der Waals surface area contributed by atoms with Gasteiger partial charge in [-0.15, -0.1) is 0 Å². The Morgan fingerprint density at radius 1 is 1.75 bits per heavy atom. The minimum absolute atomic E-state index is 0.334. The molecule has 0 saturated heterocycles. The second-order valence-electron chi connectivity index (χ2n) is 3.27. The maximum Gasteiger partial charge on any atom is 0.137 e. The first kappa shape index (κ1) is 7.80. The van der Waals surface area contributed by atoms with Gasteiger partial charge in [0.05, 0.1) is 0 Å². The molecule has 1 aliphatic rings. The summed E-state index contributed by atoms with van der Waals surface area (Å²) in [7, 11) is 0. The van der Waals surface area contributed by atoms with Crippen LogP contribution < -0.4 is 0 Å². The highest BCUT2D eigenvalue weighted by Gasteiger charge is 2.20. The molecule has 1 aromatic rings. The molecule has 0 fully saturated rings. The van der Waals surface area contributed by atoms with E-state index in [1.54, 1.807) is 0 Å². The summed E-state index contributed by atoms with van der Waals surface area (Å²) in [6.45, 7) is 3.14. The third-order valence-electron chi connectivity index (χ3n) is 2.49. The number of fused-ring (bicyclic) bond motifs is 1. The van der Waals surface area contributed by atoms with Crippen molar-refractivity contribution in [1.29, 1.82) is 0 Å². The van der Waals surface area contributed by atoms with Crippen LogP contribution in [0.3, 0.4) is 0 Å². The number of aliphatic hydroxyl groups excluding tert-OH is 1. The van der Waals surface area contributed by atoms with Crippen molar-refractivity contribution in [2.45, 2.75) is 38.8 Å². The van der Waals surface area contributed by atoms with Crippen molar-refractivity contribution in [3.8, 4) is 0 Å². The van der Waals surface area contributed by atoms with E-state index in [0.717, 1.165) is 31.6 Å². The Morgan fingerprint density at radius 3 is 3.33 bits per heavy atom. The van der Waals surface area contributed by atoms with E-state index >= 15 is 0 Å². The number of aryl methyl sites for hydroxylation is 1. The Morgan fingerprint density at radius 2 is 2.58 bits per heavy atom. The maximum absolute atomic E-state index is 9.59. The number of hydrogen-bond donors (Lipinski definition) is 1. The molecule has 0 spiro atoms. The van der Waals surface area contributed by atoms with Gasteiger partial charge in [-0.3, -0.25) is 0 Å². The standard InChI is InChI=1S/C9H14N2O/c1-2-7-6-10-9-8(12)4-3-5-11(7)9/h6,8,12H,2-5H2,1H3. The Labute approximate surface area is 72.0 Å². The fourth-order valence-corrected chi connectivity index (χ4v) is 1.81. The van der Waals surface area contributed by atoms with Crippen LogP contribution in [-0.2, 0) is 13.0 Å². The molecule has 3 nitrogen and oxygen atoms in total. The summed E-state index contributed by atoms with van der Waals surface area (Å²) in [5, 5.41) is 9.59. The van der Waals surface area contributed by atoms with Gasteiger partial charge in [-0.2, -0.15) is 0 Å². The van der Waals surface area contributed by atoms with Crippen LogP contribution in [0, 0.1) is 0 Å². The Balaban J connectivity index is 2.41. The number of imidazole rings is 1. The molecule has 3 heteroatoms. The van der Waals surface area contributed by atoms with Gasteiger partial charge in [-0.25, -0.2) is 4.98 Å². The molecular formula is C9H14N2O. The monoisotopic (exact) mass is 166 g/mol. The minimum atomic E-state index is -0.334.